The van der Waals surface area contributed by atoms with Crippen molar-refractivity contribution in [1.29, 1.82) is 0 Å². The van der Waals surface area contributed by atoms with Gasteiger partial charge in [-0.15, -0.1) is 11.3 Å². The summed E-state index contributed by atoms with van der Waals surface area (Å²) >= 11 is 1.13. The number of anilines is 1. The number of nitrogens with one attached hydrogen (secondary N) is 1. The second-order valence-electron chi connectivity index (χ2n) is 9.79. The minimum Gasteiger partial charge on any atom is -0.465 e. The average Bonchev–Trinajstić information content (AvgIpc) is 3.20. The Hall–Kier alpha value is -4.05. The van der Waals surface area contributed by atoms with Gasteiger partial charge in [0.05, 0.1) is 17.6 Å². The average molecular weight is 558 g/mol. The van der Waals surface area contributed by atoms with Crippen molar-refractivity contribution in [1.82, 2.24) is 0 Å². The van der Waals surface area contributed by atoms with Crippen LogP contribution < -0.4 is 10.1 Å². The molecule has 10 heteroatoms. The van der Waals surface area contributed by atoms with Crippen molar-refractivity contribution in [2.45, 2.75) is 39.2 Å². The van der Waals surface area contributed by atoms with Crippen molar-refractivity contribution in [3.8, 4) is 21.9 Å². The largest absolute Gasteiger partial charge is 0.465 e. The molecule has 0 bridgehead atoms. The maximum Gasteiger partial charge on any atom is 0.412 e. The lowest BCUT2D eigenvalue weighted by Gasteiger charge is -2.19. The maximum absolute atomic E-state index is 14.6. The molecule has 0 unspecified atom stereocenters. The van der Waals surface area contributed by atoms with E-state index in [0.29, 0.717) is 33.3 Å². The molecule has 1 heterocycles. The second-order valence-corrected chi connectivity index (χ2v) is 10.8. The van der Waals surface area contributed by atoms with Crippen LogP contribution in [0, 0.1) is 5.82 Å². The number of fused-ring (bicyclic) bond motifs is 1. The topological polar surface area (TPSA) is 73.9 Å². The third-order valence-corrected chi connectivity index (χ3v) is 6.65. The highest BCUT2D eigenvalue weighted by Crippen LogP contribution is 2.49. The van der Waals surface area contributed by atoms with Crippen LogP contribution in [0.25, 0.3) is 20.5 Å². The molecule has 4 rings (SSSR count). The number of hydrogen-bond acceptors (Lipinski definition) is 6. The Morgan fingerprint density at radius 2 is 1.62 bits per heavy atom. The summed E-state index contributed by atoms with van der Waals surface area (Å²) in [5, 5.41) is 3.19. The number of benzene rings is 3. The number of amides is 1. The van der Waals surface area contributed by atoms with Gasteiger partial charge in [0.15, 0.2) is 5.75 Å². The fourth-order valence-electron chi connectivity index (χ4n) is 3.82. The molecule has 0 fully saturated rings. The van der Waals surface area contributed by atoms with Crippen molar-refractivity contribution < 1.29 is 37.0 Å². The maximum atomic E-state index is 14.6. The number of esters is 1. The molecule has 0 spiro atoms. The Morgan fingerprint density at radius 3 is 2.23 bits per heavy atom. The quantitative estimate of drug-likeness (QED) is 0.240. The molecule has 204 valence electrons. The molecule has 0 saturated heterocycles. The van der Waals surface area contributed by atoms with Crippen LogP contribution in [0.3, 0.4) is 0 Å². The van der Waals surface area contributed by atoms with Crippen LogP contribution in [-0.4, -0.2) is 24.8 Å². The van der Waals surface area contributed by atoms with Crippen LogP contribution in [0.4, 0.5) is 23.7 Å². The predicted molar refractivity (Wildman–Crippen MR) is 144 cm³/mol. The number of thiophene rings is 1. The molecule has 1 N–H and O–H groups in total. The van der Waals surface area contributed by atoms with Crippen molar-refractivity contribution >= 4 is 39.2 Å². The zero-order valence-electron chi connectivity index (χ0n) is 21.9. The first-order valence-electron chi connectivity index (χ1n) is 11.9. The van der Waals surface area contributed by atoms with Crippen LogP contribution in [0.2, 0.25) is 0 Å². The molecule has 4 aromatic rings. The van der Waals surface area contributed by atoms with E-state index in [9.17, 15) is 22.8 Å². The third kappa shape index (κ3) is 6.51. The molecule has 39 heavy (non-hydrogen) atoms. The molecule has 3 aromatic carbocycles. The smallest absolute Gasteiger partial charge is 0.412 e. The molecule has 0 aliphatic rings. The number of alkyl halides is 2. The van der Waals surface area contributed by atoms with Crippen LogP contribution in [-0.2, 0) is 15.4 Å². The number of carbonyl (C=O) groups excluding carboxylic acids is 2. The summed E-state index contributed by atoms with van der Waals surface area (Å²) < 4.78 is 59.9. The first kappa shape index (κ1) is 28.0. The number of methoxy groups -OCH3 is 1. The van der Waals surface area contributed by atoms with Gasteiger partial charge in [-0.25, -0.2) is 22.8 Å². The van der Waals surface area contributed by atoms with Crippen molar-refractivity contribution in [2.75, 3.05) is 12.4 Å². The Bertz CT molecular complexity index is 1540. The zero-order chi connectivity index (χ0) is 28.5. The van der Waals surface area contributed by atoms with Gasteiger partial charge < -0.3 is 14.2 Å². The monoisotopic (exact) mass is 557 g/mol. The number of ether oxygens (including phenoxy) is 3. The molecule has 1 aromatic heterocycles. The Labute approximate surface area is 227 Å². The van der Waals surface area contributed by atoms with Gasteiger partial charge >= 0.3 is 12.1 Å². The first-order chi connectivity index (χ1) is 18.2. The summed E-state index contributed by atoms with van der Waals surface area (Å²) in [6.07, 6.45) is -0.618. The summed E-state index contributed by atoms with van der Waals surface area (Å²) in [7, 11) is 1.26. The van der Waals surface area contributed by atoms with Crippen molar-refractivity contribution in [3.63, 3.8) is 0 Å². The predicted octanol–water partition coefficient (Wildman–Crippen LogP) is 8.74. The molecule has 0 atom stereocenters. The summed E-state index contributed by atoms with van der Waals surface area (Å²) in [6, 6.07) is 14.4. The minimum atomic E-state index is -3.34. The first-order valence-corrected chi connectivity index (χ1v) is 12.7. The molecule has 0 radical (unpaired) electrons. The van der Waals surface area contributed by atoms with Gasteiger partial charge in [-0.3, -0.25) is 5.32 Å². The van der Waals surface area contributed by atoms with Crippen LogP contribution in [0.5, 0.6) is 11.5 Å². The van der Waals surface area contributed by atoms with Gasteiger partial charge in [0, 0.05) is 33.8 Å². The standard InChI is InChI=1S/C29H26F3NO5S/c1-28(2,3)38-27(35)33-18-8-10-19(11-9-18)37-24-21-12-6-16(26(34)36-5)14-23(21)39-25(24)20-13-7-17(30)15-22(20)29(4,31)32/h6-15H,1-5H3,(H,33,35). The third-order valence-electron chi connectivity index (χ3n) is 5.48. The lowest BCUT2D eigenvalue weighted by atomic mass is 10.00. The van der Waals surface area contributed by atoms with E-state index < -0.39 is 35.0 Å². The summed E-state index contributed by atoms with van der Waals surface area (Å²) in [4.78, 5) is 24.5. The summed E-state index contributed by atoms with van der Waals surface area (Å²) in [6.45, 7) is 5.95. The van der Waals surface area contributed by atoms with Crippen LogP contribution >= 0.6 is 11.3 Å². The van der Waals surface area contributed by atoms with E-state index in [0.717, 1.165) is 23.5 Å². The van der Waals surface area contributed by atoms with Crippen molar-refractivity contribution in [3.05, 3.63) is 77.6 Å². The SMILES string of the molecule is COC(=O)c1ccc2c(Oc3ccc(NC(=O)OC(C)(C)C)cc3)c(-c3ccc(F)cc3C(C)(F)F)sc2c1. The highest BCUT2D eigenvalue weighted by molar-refractivity contribution is 7.22. The van der Waals surface area contributed by atoms with E-state index in [1.54, 1.807) is 63.2 Å². The Balaban J connectivity index is 1.77. The summed E-state index contributed by atoms with van der Waals surface area (Å²) in [5.74, 6) is -4.06. The Morgan fingerprint density at radius 1 is 0.923 bits per heavy atom. The Kier molecular flexibility index (Phi) is 7.61. The van der Waals surface area contributed by atoms with Gasteiger partial charge in [-0.05, 0) is 75.4 Å². The fraction of sp³-hybridized carbons (Fsp3) is 0.241. The fourth-order valence-corrected chi connectivity index (χ4v) is 5.03. The number of rotatable bonds is 6. The molecular formula is C29H26F3NO5S. The zero-order valence-corrected chi connectivity index (χ0v) is 22.7. The van der Waals surface area contributed by atoms with E-state index >= 15 is 0 Å². The lowest BCUT2D eigenvalue weighted by Crippen LogP contribution is -2.27. The van der Waals surface area contributed by atoms with Gasteiger partial charge in [0.2, 0.25) is 0 Å². The van der Waals surface area contributed by atoms with E-state index in [1.165, 1.54) is 13.2 Å². The van der Waals surface area contributed by atoms with Crippen LogP contribution in [0.15, 0.2) is 60.7 Å². The lowest BCUT2D eigenvalue weighted by molar-refractivity contribution is 0.0177. The van der Waals surface area contributed by atoms with Gasteiger partial charge in [0.1, 0.15) is 17.2 Å². The van der Waals surface area contributed by atoms with Gasteiger partial charge in [0.25, 0.3) is 5.92 Å². The highest BCUT2D eigenvalue weighted by atomic mass is 32.1. The number of halogens is 3. The summed E-state index contributed by atoms with van der Waals surface area (Å²) in [5.41, 5.74) is -0.318. The molecule has 6 nitrogen and oxygen atoms in total. The van der Waals surface area contributed by atoms with Gasteiger partial charge in [-0.1, -0.05) is 6.07 Å². The molecular weight excluding hydrogens is 531 g/mol. The molecule has 0 aliphatic carbocycles. The van der Waals surface area contributed by atoms with E-state index in [-0.39, 0.29) is 16.9 Å². The van der Waals surface area contributed by atoms with E-state index in [4.69, 9.17) is 14.2 Å². The molecule has 0 saturated carbocycles. The number of hydrogen-bond donors (Lipinski definition) is 1. The minimum absolute atomic E-state index is 0.0999. The van der Waals surface area contributed by atoms with Crippen LogP contribution in [0.1, 0.15) is 43.6 Å². The van der Waals surface area contributed by atoms with E-state index in [2.05, 4.69) is 5.32 Å². The second kappa shape index (κ2) is 10.6. The molecule has 0 aliphatic heterocycles. The van der Waals surface area contributed by atoms with Crippen molar-refractivity contribution in [2.24, 2.45) is 0 Å². The van der Waals surface area contributed by atoms with E-state index in [1.807, 2.05) is 0 Å². The normalized spacial score (nSPS) is 11.8. The molecule has 1 amide bonds. The number of carbonyl (C=O) groups is 2. The van der Waals surface area contributed by atoms with Gasteiger partial charge in [-0.2, -0.15) is 0 Å². The highest BCUT2D eigenvalue weighted by Gasteiger charge is 2.31.